The molecular formula is C18H19ClN8O3. The molecule has 1 aliphatic heterocycles. The number of hydrazone groups is 1. The third-order valence-electron chi connectivity index (χ3n) is 4.45. The van der Waals surface area contributed by atoms with Gasteiger partial charge in [0.2, 0.25) is 5.65 Å². The number of pyridine rings is 1. The second kappa shape index (κ2) is 8.53. The topological polar surface area (TPSA) is 157 Å². The molecule has 11 nitrogen and oxygen atoms in total. The van der Waals surface area contributed by atoms with E-state index >= 15 is 0 Å². The van der Waals surface area contributed by atoms with Gasteiger partial charge in [0.15, 0.2) is 11.4 Å². The van der Waals surface area contributed by atoms with E-state index < -0.39 is 5.91 Å². The quantitative estimate of drug-likeness (QED) is 0.153. The number of halogens is 1. The lowest BCUT2D eigenvalue weighted by Gasteiger charge is -2.24. The molecule has 6 N–H and O–H groups in total. The first-order valence-electron chi connectivity index (χ1n) is 9.05. The van der Waals surface area contributed by atoms with E-state index in [-0.39, 0.29) is 16.6 Å². The zero-order valence-electron chi connectivity index (χ0n) is 15.8. The molecule has 1 amide bonds. The molecule has 1 aromatic carbocycles. The predicted molar refractivity (Wildman–Crippen MR) is 112 cm³/mol. The van der Waals surface area contributed by atoms with Crippen molar-refractivity contribution in [2.75, 3.05) is 36.5 Å². The number of nitrogens with two attached hydrogens (primary N) is 2. The fourth-order valence-corrected chi connectivity index (χ4v) is 3.19. The normalized spacial score (nSPS) is 14.7. The van der Waals surface area contributed by atoms with Gasteiger partial charge in [0.25, 0.3) is 11.9 Å². The van der Waals surface area contributed by atoms with E-state index in [2.05, 4.69) is 25.9 Å². The minimum absolute atomic E-state index is 0.0198. The molecule has 0 unspecified atom stereocenters. The van der Waals surface area contributed by atoms with Crippen LogP contribution in [0, 0.1) is 0 Å². The number of hydrogen-bond donors (Lipinski definition) is 4. The van der Waals surface area contributed by atoms with Crippen molar-refractivity contribution in [2.45, 2.75) is 0 Å². The number of aromatic nitrogens is 2. The first-order valence-corrected chi connectivity index (χ1v) is 9.43. The minimum Gasteiger partial charge on any atom is -0.422 e. The first-order chi connectivity index (χ1) is 14.5. The smallest absolute Gasteiger partial charge is 0.300 e. The molecule has 3 heterocycles. The van der Waals surface area contributed by atoms with E-state index in [9.17, 15) is 4.79 Å². The van der Waals surface area contributed by atoms with Gasteiger partial charge in [-0.15, -0.1) is 5.10 Å². The Kier molecular flexibility index (Phi) is 5.65. The van der Waals surface area contributed by atoms with Crippen LogP contribution < -0.4 is 27.3 Å². The summed E-state index contributed by atoms with van der Waals surface area (Å²) >= 11 is 6.23. The summed E-state index contributed by atoms with van der Waals surface area (Å²) in [4.78, 5) is 23.3. The van der Waals surface area contributed by atoms with Crippen LogP contribution in [0.15, 0.2) is 39.9 Å². The van der Waals surface area contributed by atoms with E-state index in [4.69, 9.17) is 32.3 Å². The Hall–Kier alpha value is -3.41. The largest absolute Gasteiger partial charge is 0.422 e. The number of amides is 1. The van der Waals surface area contributed by atoms with Gasteiger partial charge in [-0.3, -0.25) is 4.79 Å². The third-order valence-corrected chi connectivity index (χ3v) is 4.74. The van der Waals surface area contributed by atoms with E-state index in [0.717, 1.165) is 0 Å². The Labute approximate surface area is 176 Å². The van der Waals surface area contributed by atoms with Gasteiger partial charge in [0.05, 0.1) is 18.8 Å². The van der Waals surface area contributed by atoms with Crippen molar-refractivity contribution >= 4 is 46.3 Å². The fraction of sp³-hybridized carbons (Fsp3) is 0.222. The SMILES string of the molecule is NN/N=C(\N)c1cccc(NC(=O)c2cc3oc(N4CCOCC4)nc3nc2Cl)c1. The molecule has 30 heavy (non-hydrogen) atoms. The number of carbonyl (C=O) groups is 1. The van der Waals surface area contributed by atoms with Crippen LogP contribution in [0.4, 0.5) is 11.7 Å². The molecule has 0 atom stereocenters. The van der Waals surface area contributed by atoms with Crippen LogP contribution in [0.1, 0.15) is 15.9 Å². The summed E-state index contributed by atoms with van der Waals surface area (Å²) in [5.74, 6) is 4.86. The van der Waals surface area contributed by atoms with Crippen molar-refractivity contribution in [3.05, 3.63) is 46.6 Å². The minimum atomic E-state index is -0.455. The van der Waals surface area contributed by atoms with Crippen molar-refractivity contribution in [3.8, 4) is 0 Å². The molecule has 0 aliphatic carbocycles. The maximum atomic E-state index is 12.8. The Morgan fingerprint density at radius 2 is 2.03 bits per heavy atom. The van der Waals surface area contributed by atoms with Crippen LogP contribution in [0.3, 0.4) is 0 Å². The van der Waals surface area contributed by atoms with Crippen molar-refractivity contribution in [2.24, 2.45) is 16.7 Å². The van der Waals surface area contributed by atoms with Gasteiger partial charge in [-0.05, 0) is 12.1 Å². The summed E-state index contributed by atoms with van der Waals surface area (Å²) in [5.41, 5.74) is 9.85. The molecule has 4 rings (SSSR count). The molecule has 1 saturated heterocycles. The third kappa shape index (κ3) is 4.13. The van der Waals surface area contributed by atoms with Crippen LogP contribution in [-0.4, -0.2) is 48.0 Å². The summed E-state index contributed by atoms with van der Waals surface area (Å²) in [5, 5.41) is 6.49. The highest BCUT2D eigenvalue weighted by molar-refractivity contribution is 6.33. The van der Waals surface area contributed by atoms with E-state index in [1.165, 1.54) is 6.07 Å². The number of ether oxygens (including phenoxy) is 1. The van der Waals surface area contributed by atoms with Crippen LogP contribution >= 0.6 is 11.6 Å². The average Bonchev–Trinajstić information content (AvgIpc) is 3.17. The highest BCUT2D eigenvalue weighted by Gasteiger charge is 2.21. The highest BCUT2D eigenvalue weighted by atomic mass is 35.5. The average molecular weight is 431 g/mol. The lowest BCUT2D eigenvalue weighted by molar-refractivity contribution is 0.102. The van der Waals surface area contributed by atoms with Crippen molar-refractivity contribution < 1.29 is 13.9 Å². The Balaban J connectivity index is 1.58. The van der Waals surface area contributed by atoms with Crippen molar-refractivity contribution in [3.63, 3.8) is 0 Å². The molecular weight excluding hydrogens is 412 g/mol. The van der Waals surface area contributed by atoms with E-state index in [0.29, 0.717) is 54.8 Å². The van der Waals surface area contributed by atoms with Crippen LogP contribution in [0.25, 0.3) is 11.2 Å². The number of fused-ring (bicyclic) bond motifs is 1. The monoisotopic (exact) mass is 430 g/mol. The summed E-state index contributed by atoms with van der Waals surface area (Å²) in [6.07, 6.45) is 0. The highest BCUT2D eigenvalue weighted by Crippen LogP contribution is 2.26. The molecule has 1 fully saturated rings. The number of nitrogens with one attached hydrogen (secondary N) is 2. The Morgan fingerprint density at radius 1 is 1.23 bits per heavy atom. The number of morpholine rings is 1. The van der Waals surface area contributed by atoms with Gasteiger partial charge in [0, 0.05) is 30.4 Å². The molecule has 156 valence electrons. The molecule has 0 saturated carbocycles. The maximum Gasteiger partial charge on any atom is 0.300 e. The molecule has 0 spiro atoms. The second-order valence-electron chi connectivity index (χ2n) is 6.41. The molecule has 0 radical (unpaired) electrons. The van der Waals surface area contributed by atoms with Crippen LogP contribution in [-0.2, 0) is 4.74 Å². The molecule has 12 heteroatoms. The number of anilines is 2. The molecule has 2 aromatic heterocycles. The van der Waals surface area contributed by atoms with E-state index in [1.807, 2.05) is 4.90 Å². The number of hydrazine groups is 1. The number of nitrogens with zero attached hydrogens (tertiary/aromatic N) is 4. The number of oxazole rings is 1. The summed E-state index contributed by atoms with van der Waals surface area (Å²) in [6, 6.07) is 8.75. The van der Waals surface area contributed by atoms with Gasteiger partial charge in [-0.1, -0.05) is 23.7 Å². The van der Waals surface area contributed by atoms with E-state index in [1.54, 1.807) is 24.3 Å². The number of amidine groups is 1. The maximum absolute atomic E-state index is 12.8. The van der Waals surface area contributed by atoms with Gasteiger partial charge < -0.3 is 25.1 Å². The lowest BCUT2D eigenvalue weighted by Crippen LogP contribution is -2.36. The molecule has 0 bridgehead atoms. The number of rotatable bonds is 5. The first kappa shape index (κ1) is 19.9. The van der Waals surface area contributed by atoms with Crippen molar-refractivity contribution in [1.29, 1.82) is 0 Å². The van der Waals surface area contributed by atoms with Crippen molar-refractivity contribution in [1.82, 2.24) is 15.5 Å². The van der Waals surface area contributed by atoms with Gasteiger partial charge in [0.1, 0.15) is 5.15 Å². The zero-order chi connectivity index (χ0) is 21.1. The number of carbonyl (C=O) groups excluding carboxylic acids is 1. The number of hydrogen-bond acceptors (Lipinski definition) is 9. The zero-order valence-corrected chi connectivity index (χ0v) is 16.5. The van der Waals surface area contributed by atoms with Crippen LogP contribution in [0.2, 0.25) is 5.15 Å². The lowest BCUT2D eigenvalue weighted by atomic mass is 10.1. The number of benzene rings is 1. The standard InChI is InChI=1S/C18H19ClN8O3/c19-14-12(17(28)22-11-3-1-2-10(8-11)15(20)25-26-21)9-13-16(23-14)24-18(30-13)27-4-6-29-7-5-27/h1-3,8-9,26H,4-7,21H2,(H2,20,25)(H,22,28). The second-order valence-corrected chi connectivity index (χ2v) is 6.76. The predicted octanol–water partition coefficient (Wildman–Crippen LogP) is 1.05. The molecule has 1 aliphatic rings. The van der Waals surface area contributed by atoms with Crippen LogP contribution in [0.5, 0.6) is 0 Å². The summed E-state index contributed by atoms with van der Waals surface area (Å²) in [6.45, 7) is 2.51. The van der Waals surface area contributed by atoms with Gasteiger partial charge in [-0.25, -0.2) is 16.4 Å². The van der Waals surface area contributed by atoms with Gasteiger partial charge in [-0.2, -0.15) is 4.98 Å². The van der Waals surface area contributed by atoms with Gasteiger partial charge >= 0.3 is 0 Å². The summed E-state index contributed by atoms with van der Waals surface area (Å²) < 4.78 is 11.1. The Morgan fingerprint density at radius 3 is 2.80 bits per heavy atom. The fourth-order valence-electron chi connectivity index (χ4n) is 2.97. The summed E-state index contributed by atoms with van der Waals surface area (Å²) in [7, 11) is 0. The molecule has 3 aromatic rings. The Bertz CT molecular complexity index is 1110.